The van der Waals surface area contributed by atoms with E-state index in [9.17, 15) is 4.79 Å². The van der Waals surface area contributed by atoms with E-state index in [1.807, 2.05) is 49.4 Å². The summed E-state index contributed by atoms with van der Waals surface area (Å²) in [7, 11) is 0. The van der Waals surface area contributed by atoms with Crippen molar-refractivity contribution in [2.24, 2.45) is 0 Å². The van der Waals surface area contributed by atoms with Gasteiger partial charge in [0, 0.05) is 18.2 Å². The third-order valence-corrected chi connectivity index (χ3v) is 7.01. The quantitative estimate of drug-likeness (QED) is 0.174. The fraction of sp³-hybridized carbons (Fsp3) is 0.290. The van der Waals surface area contributed by atoms with Crippen molar-refractivity contribution in [3.05, 3.63) is 95.2 Å². The van der Waals surface area contributed by atoms with Crippen LogP contribution in [0.3, 0.4) is 0 Å². The van der Waals surface area contributed by atoms with E-state index in [-0.39, 0.29) is 25.1 Å². The average molecular weight is 548 g/mol. The Morgan fingerprint density at radius 1 is 1.10 bits per heavy atom. The smallest absolute Gasteiger partial charge is 0.404 e. The van der Waals surface area contributed by atoms with E-state index >= 15 is 8.78 Å². The van der Waals surface area contributed by atoms with Gasteiger partial charge in [-0.15, -0.1) is 5.10 Å². The maximum Gasteiger partial charge on any atom is 0.404 e. The molecule has 3 aromatic carbocycles. The molecule has 40 heavy (non-hydrogen) atoms. The number of carbonyl (C=O) groups is 1. The van der Waals surface area contributed by atoms with Gasteiger partial charge in [-0.3, -0.25) is 0 Å². The Balaban J connectivity index is 1.59. The summed E-state index contributed by atoms with van der Waals surface area (Å²) in [5.41, 5.74) is 4.12. The highest BCUT2D eigenvalue weighted by atomic mass is 19.1. The van der Waals surface area contributed by atoms with Crippen LogP contribution < -0.4 is 10.1 Å². The summed E-state index contributed by atoms with van der Waals surface area (Å²) in [4.78, 5) is 10.6. The third-order valence-electron chi connectivity index (χ3n) is 7.01. The molecule has 1 saturated heterocycles. The Morgan fingerprint density at radius 3 is 2.62 bits per heavy atom. The summed E-state index contributed by atoms with van der Waals surface area (Å²) in [6.45, 7) is 2.75. The van der Waals surface area contributed by atoms with Crippen molar-refractivity contribution in [3.63, 3.8) is 0 Å². The first-order valence-corrected chi connectivity index (χ1v) is 13.4. The summed E-state index contributed by atoms with van der Waals surface area (Å²) < 4.78 is 43.9. The first-order valence-electron chi connectivity index (χ1n) is 13.4. The molecule has 0 saturated carbocycles. The molecule has 1 unspecified atom stereocenters. The van der Waals surface area contributed by atoms with Crippen LogP contribution in [0, 0.1) is 11.8 Å². The Labute approximate surface area is 231 Å². The number of fused-ring (bicyclic) bond motifs is 1. The maximum atomic E-state index is 15.7. The number of amides is 1. The van der Waals surface area contributed by atoms with E-state index in [1.165, 1.54) is 6.07 Å². The van der Waals surface area contributed by atoms with Crippen molar-refractivity contribution < 1.29 is 28.2 Å². The Morgan fingerprint density at radius 2 is 1.93 bits per heavy atom. The molecule has 0 bridgehead atoms. The van der Waals surface area contributed by atoms with Crippen LogP contribution in [0.4, 0.5) is 13.6 Å². The number of nitrogens with one attached hydrogen (secondary N) is 1. The lowest BCUT2D eigenvalue weighted by atomic mass is 9.87. The van der Waals surface area contributed by atoms with Crippen molar-refractivity contribution in [3.8, 4) is 5.75 Å². The predicted octanol–water partition coefficient (Wildman–Crippen LogP) is 7.03. The molecular weight excluding hydrogens is 516 g/mol. The van der Waals surface area contributed by atoms with Crippen LogP contribution in [0.1, 0.15) is 55.5 Å². The van der Waals surface area contributed by atoms with Gasteiger partial charge in [-0.1, -0.05) is 43.3 Å². The van der Waals surface area contributed by atoms with Crippen LogP contribution in [0.15, 0.2) is 66.7 Å². The van der Waals surface area contributed by atoms with Crippen LogP contribution in [-0.4, -0.2) is 40.7 Å². The molecule has 1 aliphatic rings. The van der Waals surface area contributed by atoms with Crippen LogP contribution >= 0.6 is 0 Å². The van der Waals surface area contributed by atoms with Crippen molar-refractivity contribution in [2.75, 3.05) is 19.8 Å². The summed E-state index contributed by atoms with van der Waals surface area (Å²) in [6, 6.07) is 19.7. The number of benzene rings is 3. The molecule has 208 valence electrons. The van der Waals surface area contributed by atoms with Crippen LogP contribution in [0.2, 0.25) is 0 Å². The van der Waals surface area contributed by atoms with Gasteiger partial charge in [0.1, 0.15) is 18.2 Å². The van der Waals surface area contributed by atoms with Gasteiger partial charge in [0.15, 0.2) is 6.23 Å². The number of aromatic nitrogens is 2. The number of hydrogen-bond acceptors (Lipinski definition) is 4. The highest BCUT2D eigenvalue weighted by molar-refractivity contribution is 6.00. The van der Waals surface area contributed by atoms with Gasteiger partial charge in [-0.05, 0) is 72.2 Å². The largest absolute Gasteiger partial charge is 0.492 e. The minimum Gasteiger partial charge on any atom is -0.492 e. The van der Waals surface area contributed by atoms with Gasteiger partial charge in [-0.25, -0.2) is 13.9 Å². The number of ether oxygens (including phenoxy) is 2. The molecule has 1 amide bonds. The Hall–Kier alpha value is -4.24. The second kappa shape index (κ2) is 12.3. The molecule has 1 fully saturated rings. The normalized spacial score (nSPS) is 16.0. The zero-order chi connectivity index (χ0) is 28.1. The molecule has 1 aliphatic heterocycles. The van der Waals surface area contributed by atoms with Gasteiger partial charge in [-0.2, -0.15) is 4.39 Å². The number of rotatable bonds is 9. The zero-order valence-corrected chi connectivity index (χ0v) is 22.2. The molecule has 7 nitrogen and oxygen atoms in total. The molecule has 5 rings (SSSR count). The first kappa shape index (κ1) is 27.3. The van der Waals surface area contributed by atoms with Gasteiger partial charge < -0.3 is 19.9 Å². The van der Waals surface area contributed by atoms with E-state index in [1.54, 1.807) is 22.9 Å². The van der Waals surface area contributed by atoms with Gasteiger partial charge in [0.05, 0.1) is 17.4 Å². The van der Waals surface area contributed by atoms with Crippen molar-refractivity contribution in [2.45, 2.75) is 38.8 Å². The Kier molecular flexibility index (Phi) is 8.40. The number of carboxylic acid groups (broad SMARTS) is 1. The second-order valence-corrected chi connectivity index (χ2v) is 9.58. The van der Waals surface area contributed by atoms with Gasteiger partial charge >= 0.3 is 6.09 Å². The number of hydrogen-bond donors (Lipinski definition) is 2. The second-order valence-electron chi connectivity index (χ2n) is 9.58. The number of halogens is 2. The molecule has 9 heteroatoms. The molecular formula is C31H31F2N3O4. The van der Waals surface area contributed by atoms with Gasteiger partial charge in [0.2, 0.25) is 5.95 Å². The third kappa shape index (κ3) is 5.84. The van der Waals surface area contributed by atoms with E-state index in [2.05, 4.69) is 10.4 Å². The predicted molar refractivity (Wildman–Crippen MR) is 149 cm³/mol. The van der Waals surface area contributed by atoms with E-state index in [4.69, 9.17) is 14.6 Å². The molecule has 0 radical (unpaired) electrons. The molecule has 0 aliphatic carbocycles. The SMILES string of the molecule is CC/C(=C(\c1ccc2c(c1)c(F)nn2C1CCCCO1)c1ccc(OCCNC(=O)O)cc1F)c1ccccc1. The maximum absolute atomic E-state index is 15.7. The monoisotopic (exact) mass is 547 g/mol. The molecule has 2 N–H and O–H groups in total. The molecule has 2 heterocycles. The summed E-state index contributed by atoms with van der Waals surface area (Å²) in [5, 5.41) is 15.4. The lowest BCUT2D eigenvalue weighted by molar-refractivity contribution is -0.0375. The lowest BCUT2D eigenvalue weighted by Crippen LogP contribution is -2.26. The highest BCUT2D eigenvalue weighted by Gasteiger charge is 2.23. The van der Waals surface area contributed by atoms with E-state index < -0.39 is 17.9 Å². The van der Waals surface area contributed by atoms with Crippen molar-refractivity contribution >= 4 is 28.1 Å². The number of nitrogens with zero attached hydrogens (tertiary/aromatic N) is 2. The fourth-order valence-corrected chi connectivity index (χ4v) is 5.17. The van der Waals surface area contributed by atoms with Crippen molar-refractivity contribution in [1.82, 2.24) is 15.1 Å². The summed E-state index contributed by atoms with van der Waals surface area (Å²) in [5.74, 6) is -0.824. The van der Waals surface area contributed by atoms with E-state index in [0.29, 0.717) is 40.6 Å². The summed E-state index contributed by atoms with van der Waals surface area (Å²) >= 11 is 0. The standard InChI is InChI=1S/C31H31F2N3O4/c1-2-23(20-8-4-3-5-9-20)29(24-13-12-22(19-26(24)32)39-17-15-34-31(37)38)21-11-14-27-25(18-21)30(33)35-36(27)28-10-6-7-16-40-28/h3-5,8-9,11-14,18-19,28,34H,2,6-7,10,15-17H2,1H3,(H,37,38)/b29-23-. The summed E-state index contributed by atoms with van der Waals surface area (Å²) in [6.07, 6.45) is 1.87. The topological polar surface area (TPSA) is 85.6 Å². The molecule has 0 spiro atoms. The van der Waals surface area contributed by atoms with Crippen LogP contribution in [0.5, 0.6) is 5.75 Å². The lowest BCUT2D eigenvalue weighted by Gasteiger charge is -2.23. The Bertz CT molecular complexity index is 1530. The van der Waals surface area contributed by atoms with Crippen LogP contribution in [-0.2, 0) is 4.74 Å². The van der Waals surface area contributed by atoms with Crippen molar-refractivity contribution in [1.29, 1.82) is 0 Å². The minimum atomic E-state index is -1.15. The minimum absolute atomic E-state index is 0.0582. The molecule has 1 aromatic heterocycles. The highest BCUT2D eigenvalue weighted by Crippen LogP contribution is 2.38. The zero-order valence-electron chi connectivity index (χ0n) is 22.2. The van der Waals surface area contributed by atoms with E-state index in [0.717, 1.165) is 30.4 Å². The van der Waals surface area contributed by atoms with Crippen LogP contribution in [0.25, 0.3) is 22.0 Å². The molecule has 1 atom stereocenters. The number of allylic oxidation sites excluding steroid dienone is 1. The fourth-order valence-electron chi connectivity index (χ4n) is 5.17. The first-order chi connectivity index (χ1) is 19.5. The van der Waals surface area contributed by atoms with Gasteiger partial charge in [0.25, 0.3) is 0 Å². The molecule has 4 aromatic rings. The average Bonchev–Trinajstić information content (AvgIpc) is 3.31.